The van der Waals surface area contributed by atoms with Crippen LogP contribution in [-0.4, -0.2) is 9.13 Å². The standard InChI is InChI=1S/C11H10FN3O2/c1-14-10(16)6-9(13)15(11(14)17)8-4-2-3-7(12)5-8/h2-6H,13H2,1H3. The molecule has 0 bridgehead atoms. The Morgan fingerprint density at radius 3 is 2.59 bits per heavy atom. The molecule has 0 aliphatic carbocycles. The number of hydrogen-bond acceptors (Lipinski definition) is 3. The van der Waals surface area contributed by atoms with Gasteiger partial charge in [-0.25, -0.2) is 13.8 Å². The van der Waals surface area contributed by atoms with Gasteiger partial charge in [-0.3, -0.25) is 9.36 Å². The van der Waals surface area contributed by atoms with Crippen molar-refractivity contribution >= 4 is 5.82 Å². The monoisotopic (exact) mass is 235 g/mol. The third kappa shape index (κ3) is 1.84. The SMILES string of the molecule is Cn1c(=O)cc(N)n(-c2cccc(F)c2)c1=O. The van der Waals surface area contributed by atoms with Crippen LogP contribution in [0.4, 0.5) is 10.2 Å². The molecule has 0 unspecified atom stereocenters. The van der Waals surface area contributed by atoms with Crippen molar-refractivity contribution in [2.24, 2.45) is 7.05 Å². The van der Waals surface area contributed by atoms with E-state index in [1.807, 2.05) is 0 Å². The lowest BCUT2D eigenvalue weighted by Gasteiger charge is -2.10. The molecule has 0 saturated carbocycles. The first-order valence-corrected chi connectivity index (χ1v) is 4.85. The number of halogens is 1. The summed E-state index contributed by atoms with van der Waals surface area (Å²) in [6, 6.07) is 6.54. The minimum Gasteiger partial charge on any atom is -0.385 e. The second-order valence-corrected chi connectivity index (χ2v) is 3.56. The molecule has 0 spiro atoms. The molecule has 0 aliphatic rings. The molecule has 2 N–H and O–H groups in total. The van der Waals surface area contributed by atoms with E-state index in [0.29, 0.717) is 0 Å². The Labute approximate surface area is 95.5 Å². The Morgan fingerprint density at radius 1 is 1.24 bits per heavy atom. The fourth-order valence-electron chi connectivity index (χ4n) is 1.52. The van der Waals surface area contributed by atoms with E-state index >= 15 is 0 Å². The fraction of sp³-hybridized carbons (Fsp3) is 0.0909. The maximum absolute atomic E-state index is 13.1. The Bertz CT molecular complexity index is 688. The van der Waals surface area contributed by atoms with Gasteiger partial charge in [-0.05, 0) is 18.2 Å². The maximum atomic E-state index is 13.1. The van der Waals surface area contributed by atoms with Gasteiger partial charge < -0.3 is 5.73 Å². The normalized spacial score (nSPS) is 10.5. The molecule has 5 nitrogen and oxygen atoms in total. The number of benzene rings is 1. The van der Waals surface area contributed by atoms with Gasteiger partial charge in [-0.15, -0.1) is 0 Å². The largest absolute Gasteiger partial charge is 0.385 e. The van der Waals surface area contributed by atoms with Gasteiger partial charge in [0.2, 0.25) is 0 Å². The first-order valence-electron chi connectivity index (χ1n) is 4.85. The first-order chi connectivity index (χ1) is 8.00. The Morgan fingerprint density at radius 2 is 1.94 bits per heavy atom. The molecule has 0 saturated heterocycles. The molecule has 0 fully saturated rings. The summed E-state index contributed by atoms with van der Waals surface area (Å²) >= 11 is 0. The van der Waals surface area contributed by atoms with E-state index in [1.165, 1.54) is 31.3 Å². The Balaban J connectivity index is 2.81. The molecule has 2 aromatic rings. The van der Waals surface area contributed by atoms with Crippen molar-refractivity contribution in [2.45, 2.75) is 0 Å². The van der Waals surface area contributed by atoms with E-state index in [4.69, 9.17) is 5.73 Å². The van der Waals surface area contributed by atoms with Crippen molar-refractivity contribution in [1.29, 1.82) is 0 Å². The zero-order valence-corrected chi connectivity index (χ0v) is 9.05. The van der Waals surface area contributed by atoms with E-state index in [-0.39, 0.29) is 11.5 Å². The third-order valence-electron chi connectivity index (χ3n) is 2.40. The van der Waals surface area contributed by atoms with Crippen LogP contribution in [0.1, 0.15) is 0 Å². The molecule has 1 heterocycles. The topological polar surface area (TPSA) is 70.0 Å². The molecule has 6 heteroatoms. The smallest absolute Gasteiger partial charge is 0.336 e. The lowest BCUT2D eigenvalue weighted by Crippen LogP contribution is -2.37. The average Bonchev–Trinajstić information content (AvgIpc) is 2.26. The number of rotatable bonds is 1. The molecule has 0 aliphatic heterocycles. The van der Waals surface area contributed by atoms with Crippen molar-refractivity contribution < 1.29 is 4.39 Å². The number of anilines is 1. The van der Waals surface area contributed by atoms with Gasteiger partial charge in [0.25, 0.3) is 5.56 Å². The summed E-state index contributed by atoms with van der Waals surface area (Å²) in [6.07, 6.45) is 0. The molecule has 0 radical (unpaired) electrons. The molecule has 88 valence electrons. The third-order valence-corrected chi connectivity index (χ3v) is 2.40. The molecule has 1 aromatic carbocycles. The highest BCUT2D eigenvalue weighted by molar-refractivity contribution is 5.41. The van der Waals surface area contributed by atoms with Crippen LogP contribution >= 0.6 is 0 Å². The second kappa shape index (κ2) is 3.89. The number of nitrogens with zero attached hydrogens (tertiary/aromatic N) is 2. The molecule has 0 amide bonds. The fourth-order valence-corrected chi connectivity index (χ4v) is 1.52. The number of hydrogen-bond donors (Lipinski definition) is 1. The van der Waals surface area contributed by atoms with Gasteiger partial charge in [-0.1, -0.05) is 6.07 Å². The lowest BCUT2D eigenvalue weighted by atomic mass is 10.3. The molecule has 2 rings (SSSR count). The molecule has 0 atom stereocenters. The predicted octanol–water partition coefficient (Wildman–Crippen LogP) is 0.257. The summed E-state index contributed by atoms with van der Waals surface area (Å²) in [5, 5.41) is 0. The predicted molar refractivity (Wildman–Crippen MR) is 61.7 cm³/mol. The summed E-state index contributed by atoms with van der Waals surface area (Å²) < 4.78 is 15.0. The van der Waals surface area contributed by atoms with E-state index in [9.17, 15) is 14.0 Å². The summed E-state index contributed by atoms with van der Waals surface area (Å²) in [4.78, 5) is 23.2. The van der Waals surface area contributed by atoms with Crippen LogP contribution in [0.25, 0.3) is 5.69 Å². The highest BCUT2D eigenvalue weighted by Crippen LogP contribution is 2.10. The molecular formula is C11H10FN3O2. The van der Waals surface area contributed by atoms with Gasteiger partial charge in [0.15, 0.2) is 0 Å². The summed E-state index contributed by atoms with van der Waals surface area (Å²) in [5.41, 5.74) is 4.77. The van der Waals surface area contributed by atoms with Gasteiger partial charge in [0.1, 0.15) is 11.6 Å². The van der Waals surface area contributed by atoms with Crippen LogP contribution < -0.4 is 17.0 Å². The first kappa shape index (κ1) is 11.1. The van der Waals surface area contributed by atoms with Crippen molar-refractivity contribution in [3.05, 3.63) is 57.0 Å². The van der Waals surface area contributed by atoms with Gasteiger partial charge in [-0.2, -0.15) is 0 Å². The number of nitrogens with two attached hydrogens (primary N) is 1. The van der Waals surface area contributed by atoms with Crippen LogP contribution in [0.2, 0.25) is 0 Å². The highest BCUT2D eigenvalue weighted by Gasteiger charge is 2.08. The van der Waals surface area contributed by atoms with Gasteiger partial charge >= 0.3 is 5.69 Å². The van der Waals surface area contributed by atoms with E-state index in [0.717, 1.165) is 15.2 Å². The zero-order chi connectivity index (χ0) is 12.6. The van der Waals surface area contributed by atoms with E-state index < -0.39 is 17.1 Å². The minimum absolute atomic E-state index is 0.0244. The van der Waals surface area contributed by atoms with Gasteiger partial charge in [0.05, 0.1) is 5.69 Å². The van der Waals surface area contributed by atoms with Gasteiger partial charge in [0, 0.05) is 13.1 Å². The lowest BCUT2D eigenvalue weighted by molar-refractivity contribution is 0.625. The van der Waals surface area contributed by atoms with Crippen LogP contribution in [0, 0.1) is 5.82 Å². The number of nitrogen functional groups attached to an aromatic ring is 1. The van der Waals surface area contributed by atoms with Crippen LogP contribution in [0.3, 0.4) is 0 Å². The highest BCUT2D eigenvalue weighted by atomic mass is 19.1. The van der Waals surface area contributed by atoms with Crippen LogP contribution in [-0.2, 0) is 7.05 Å². The Kier molecular flexibility index (Phi) is 2.55. The quantitative estimate of drug-likeness (QED) is 0.770. The second-order valence-electron chi connectivity index (χ2n) is 3.56. The van der Waals surface area contributed by atoms with Crippen molar-refractivity contribution in [3.8, 4) is 5.69 Å². The van der Waals surface area contributed by atoms with Crippen molar-refractivity contribution in [3.63, 3.8) is 0 Å². The maximum Gasteiger partial charge on any atom is 0.336 e. The van der Waals surface area contributed by atoms with E-state index in [1.54, 1.807) is 0 Å². The number of aromatic nitrogens is 2. The minimum atomic E-state index is -0.611. The summed E-state index contributed by atoms with van der Waals surface area (Å²) in [7, 11) is 1.33. The van der Waals surface area contributed by atoms with E-state index in [2.05, 4.69) is 0 Å². The van der Waals surface area contributed by atoms with Crippen LogP contribution in [0.15, 0.2) is 39.9 Å². The van der Waals surface area contributed by atoms with Crippen LogP contribution in [0.5, 0.6) is 0 Å². The molecule has 1 aromatic heterocycles. The summed E-state index contributed by atoms with van der Waals surface area (Å²) in [6.45, 7) is 0. The molecule has 17 heavy (non-hydrogen) atoms. The molecular weight excluding hydrogens is 225 g/mol. The van der Waals surface area contributed by atoms with Crippen molar-refractivity contribution in [1.82, 2.24) is 9.13 Å². The summed E-state index contributed by atoms with van der Waals surface area (Å²) in [5.74, 6) is -0.508. The van der Waals surface area contributed by atoms with Crippen molar-refractivity contribution in [2.75, 3.05) is 5.73 Å². The zero-order valence-electron chi connectivity index (χ0n) is 9.05. The average molecular weight is 235 g/mol. The Hall–Kier alpha value is -2.37.